The van der Waals surface area contributed by atoms with Gasteiger partial charge in [-0.05, 0) is 36.3 Å². The lowest BCUT2D eigenvalue weighted by Crippen LogP contribution is -3.11. The van der Waals surface area contributed by atoms with E-state index in [1.165, 1.54) is 0 Å². The molecule has 144 valence electrons. The van der Waals surface area contributed by atoms with Crippen molar-refractivity contribution in [1.82, 2.24) is 0 Å². The summed E-state index contributed by atoms with van der Waals surface area (Å²) >= 11 is 0. The average molecular weight is 384 g/mol. The van der Waals surface area contributed by atoms with Crippen LogP contribution >= 0.6 is 0 Å². The van der Waals surface area contributed by atoms with Crippen LogP contribution in [0.4, 0.5) is 0 Å². The molecule has 2 aromatic rings. The third kappa shape index (κ3) is 2.75. The maximum atomic E-state index is 12.8. The fourth-order valence-corrected chi connectivity index (χ4v) is 4.97. The van der Waals surface area contributed by atoms with Crippen LogP contribution in [0.25, 0.3) is 6.08 Å². The minimum atomic E-state index is -1.36. The van der Waals surface area contributed by atoms with Crippen LogP contribution in [0.3, 0.4) is 0 Å². The molecule has 2 aliphatic rings. The number of quaternary nitrogens is 1. The molecule has 2 aliphatic heterocycles. The Labute approximate surface area is 170 Å². The van der Waals surface area contributed by atoms with Crippen molar-refractivity contribution < 1.29 is 14.4 Å². The normalized spacial score (nSPS) is 25.9. The van der Waals surface area contributed by atoms with Gasteiger partial charge in [-0.3, -0.25) is 9.69 Å². The van der Waals surface area contributed by atoms with Gasteiger partial charge in [-0.25, -0.2) is 0 Å². The third-order valence-corrected chi connectivity index (χ3v) is 6.09. The monoisotopic (exact) mass is 384 g/mol. The average Bonchev–Trinajstić information content (AvgIpc) is 3.06. The van der Waals surface area contributed by atoms with Crippen LogP contribution in [0.5, 0.6) is 5.75 Å². The van der Waals surface area contributed by atoms with E-state index in [9.17, 15) is 15.3 Å². The van der Waals surface area contributed by atoms with Crippen LogP contribution in [0.2, 0.25) is 0 Å². The van der Waals surface area contributed by atoms with Crippen LogP contribution in [0.15, 0.2) is 54.7 Å². The first kappa shape index (κ1) is 18.9. The molecule has 0 saturated carbocycles. The number of hydrogen-bond acceptors (Lipinski definition) is 4. The van der Waals surface area contributed by atoms with Crippen molar-refractivity contribution in [3.05, 3.63) is 71.4 Å². The van der Waals surface area contributed by atoms with Crippen molar-refractivity contribution in [2.24, 2.45) is 5.41 Å². The highest BCUT2D eigenvalue weighted by atomic mass is 16.5. The lowest BCUT2D eigenvalue weighted by Gasteiger charge is -2.29. The van der Waals surface area contributed by atoms with E-state index >= 15 is 0 Å². The van der Waals surface area contributed by atoms with Gasteiger partial charge in [0.15, 0.2) is 17.9 Å². The van der Waals surface area contributed by atoms with Crippen molar-refractivity contribution in [1.29, 1.82) is 10.5 Å². The van der Waals surface area contributed by atoms with Gasteiger partial charge in [-0.15, -0.1) is 0 Å². The number of ether oxygens (including phenoxy) is 1. The minimum absolute atomic E-state index is 0.0275. The molecule has 0 aliphatic carbocycles. The van der Waals surface area contributed by atoms with Crippen molar-refractivity contribution in [2.45, 2.75) is 31.8 Å². The standard InChI is InChI=1S/C24H21N3O2/c1-3-29-19-10-8-18(9-11-19)21-22(16(2)28)27-13-12-17-6-4-5-7-20(17)23(27)24(21,14-25)15-26/h4-13,21-23H,3H2,1-2H3/p+1/t21-,22-,23+/m0/s1. The Balaban J connectivity index is 1.92. The Morgan fingerprint density at radius 2 is 1.83 bits per heavy atom. The molecule has 1 saturated heterocycles. The first-order chi connectivity index (χ1) is 14.1. The summed E-state index contributed by atoms with van der Waals surface area (Å²) in [7, 11) is 0. The van der Waals surface area contributed by atoms with Gasteiger partial charge in [0.2, 0.25) is 5.41 Å². The smallest absolute Gasteiger partial charge is 0.212 e. The highest BCUT2D eigenvalue weighted by molar-refractivity contribution is 5.82. The second kappa shape index (κ2) is 7.20. The molecule has 29 heavy (non-hydrogen) atoms. The Kier molecular flexibility index (Phi) is 4.70. The highest BCUT2D eigenvalue weighted by Crippen LogP contribution is 2.51. The second-order valence-electron chi connectivity index (χ2n) is 7.56. The van der Waals surface area contributed by atoms with E-state index in [2.05, 4.69) is 12.1 Å². The van der Waals surface area contributed by atoms with Crippen LogP contribution in [-0.4, -0.2) is 18.4 Å². The fourth-order valence-electron chi connectivity index (χ4n) is 4.97. The van der Waals surface area contributed by atoms with E-state index in [-0.39, 0.29) is 5.78 Å². The fraction of sp³-hybridized carbons (Fsp3) is 0.292. The number of benzene rings is 2. The summed E-state index contributed by atoms with van der Waals surface area (Å²) in [6.45, 7) is 4.02. The predicted octanol–water partition coefficient (Wildman–Crippen LogP) is 2.78. The minimum Gasteiger partial charge on any atom is -0.494 e. The zero-order valence-corrected chi connectivity index (χ0v) is 16.4. The third-order valence-electron chi connectivity index (χ3n) is 6.09. The van der Waals surface area contributed by atoms with Gasteiger partial charge in [-0.1, -0.05) is 36.4 Å². The van der Waals surface area contributed by atoms with E-state index in [0.29, 0.717) is 6.61 Å². The summed E-state index contributed by atoms with van der Waals surface area (Å²) in [5, 5.41) is 20.6. The number of carbonyl (C=O) groups is 1. The van der Waals surface area contributed by atoms with Gasteiger partial charge in [0.05, 0.1) is 30.9 Å². The SMILES string of the molecule is CCOc1ccc([C@H]2[C@H](C(C)=O)[NH+]3C=Cc4ccccc4[C@@H]3C2(C#N)C#N)cc1. The lowest BCUT2D eigenvalue weighted by atomic mass is 9.68. The van der Waals surface area contributed by atoms with Gasteiger partial charge in [-0.2, -0.15) is 10.5 Å². The molecule has 0 bridgehead atoms. The summed E-state index contributed by atoms with van der Waals surface area (Å²) in [5.41, 5.74) is 1.38. The number of nitrogens with zero attached hydrogens (tertiary/aromatic N) is 2. The number of fused-ring (bicyclic) bond motifs is 3. The summed E-state index contributed by atoms with van der Waals surface area (Å²) < 4.78 is 5.53. The van der Waals surface area contributed by atoms with Gasteiger partial charge in [0, 0.05) is 12.5 Å². The Morgan fingerprint density at radius 3 is 2.45 bits per heavy atom. The van der Waals surface area contributed by atoms with Crippen molar-refractivity contribution in [3.8, 4) is 17.9 Å². The van der Waals surface area contributed by atoms with Gasteiger partial charge >= 0.3 is 0 Å². The number of Topliss-reactive ketones (excluding diaryl/α,β-unsaturated/α-hetero) is 1. The number of nitrogens with one attached hydrogen (secondary N) is 1. The number of ketones is 1. The van der Waals surface area contributed by atoms with E-state index in [1.807, 2.05) is 67.7 Å². The summed E-state index contributed by atoms with van der Waals surface area (Å²) in [5.74, 6) is 0.158. The molecule has 2 aromatic carbocycles. The Hall–Kier alpha value is -3.41. The zero-order valence-electron chi connectivity index (χ0n) is 16.4. The second-order valence-corrected chi connectivity index (χ2v) is 7.56. The van der Waals surface area contributed by atoms with Crippen LogP contribution in [0.1, 0.15) is 42.5 Å². The topological polar surface area (TPSA) is 78.3 Å². The maximum Gasteiger partial charge on any atom is 0.212 e. The molecule has 0 aromatic heterocycles. The molecule has 1 N–H and O–H groups in total. The van der Waals surface area contributed by atoms with E-state index in [4.69, 9.17) is 4.74 Å². The van der Waals surface area contributed by atoms with Crippen molar-refractivity contribution in [2.75, 3.05) is 6.61 Å². The Morgan fingerprint density at radius 1 is 1.14 bits per heavy atom. The molecular formula is C24H22N3O2+. The molecule has 5 heteroatoms. The highest BCUT2D eigenvalue weighted by Gasteiger charge is 2.67. The van der Waals surface area contributed by atoms with E-state index in [1.54, 1.807) is 6.92 Å². The van der Waals surface area contributed by atoms with Gasteiger partial charge in [0.1, 0.15) is 5.75 Å². The molecule has 5 nitrogen and oxygen atoms in total. The number of carbonyl (C=O) groups excluding carboxylic acids is 1. The summed E-state index contributed by atoms with van der Waals surface area (Å²) in [6.07, 6.45) is 3.92. The molecule has 4 atom stereocenters. The molecule has 0 amide bonds. The molecule has 0 spiro atoms. The molecule has 2 heterocycles. The lowest BCUT2D eigenvalue weighted by molar-refractivity contribution is -0.885. The summed E-state index contributed by atoms with van der Waals surface area (Å²) in [4.78, 5) is 13.6. The number of rotatable bonds is 4. The number of nitriles is 2. The van der Waals surface area contributed by atoms with E-state index < -0.39 is 23.4 Å². The first-order valence-electron chi connectivity index (χ1n) is 9.76. The largest absolute Gasteiger partial charge is 0.494 e. The van der Waals surface area contributed by atoms with Crippen LogP contribution < -0.4 is 9.64 Å². The molecular weight excluding hydrogens is 362 g/mol. The first-order valence-corrected chi connectivity index (χ1v) is 9.76. The maximum absolute atomic E-state index is 12.8. The van der Waals surface area contributed by atoms with Crippen molar-refractivity contribution in [3.63, 3.8) is 0 Å². The quantitative estimate of drug-likeness (QED) is 0.879. The van der Waals surface area contributed by atoms with Gasteiger partial charge in [0.25, 0.3) is 0 Å². The predicted molar refractivity (Wildman–Crippen MR) is 108 cm³/mol. The number of hydrogen-bond donors (Lipinski definition) is 1. The molecule has 4 rings (SSSR count). The van der Waals surface area contributed by atoms with E-state index in [0.717, 1.165) is 27.3 Å². The molecule has 0 radical (unpaired) electrons. The Bertz CT molecular complexity index is 1040. The van der Waals surface area contributed by atoms with Crippen molar-refractivity contribution >= 4 is 11.9 Å². The summed E-state index contributed by atoms with van der Waals surface area (Å²) in [6, 6.07) is 19.0. The zero-order chi connectivity index (χ0) is 20.6. The molecule has 1 unspecified atom stereocenters. The van der Waals surface area contributed by atoms with Gasteiger partial charge < -0.3 is 4.74 Å². The molecule has 1 fully saturated rings. The van der Waals surface area contributed by atoms with Crippen LogP contribution in [-0.2, 0) is 4.79 Å². The van der Waals surface area contributed by atoms with Crippen LogP contribution in [0, 0.1) is 28.1 Å².